The number of methoxy groups -OCH3 is 2. The van der Waals surface area contributed by atoms with E-state index in [1.807, 2.05) is 36.4 Å². The van der Waals surface area contributed by atoms with Crippen molar-refractivity contribution in [3.63, 3.8) is 0 Å². The first-order valence-corrected chi connectivity index (χ1v) is 9.79. The molecule has 0 N–H and O–H groups in total. The summed E-state index contributed by atoms with van der Waals surface area (Å²) >= 11 is 1.45. The van der Waals surface area contributed by atoms with Crippen molar-refractivity contribution < 1.29 is 14.3 Å². The Morgan fingerprint density at radius 1 is 1.07 bits per heavy atom. The van der Waals surface area contributed by atoms with Crippen LogP contribution in [0.4, 0.5) is 5.13 Å². The van der Waals surface area contributed by atoms with Crippen molar-refractivity contribution >= 4 is 32.6 Å². The van der Waals surface area contributed by atoms with E-state index in [4.69, 9.17) is 14.5 Å². The quantitative estimate of drug-likeness (QED) is 0.471. The summed E-state index contributed by atoms with van der Waals surface area (Å²) in [5.74, 6) is 1.15. The number of thiazole rings is 1. The minimum atomic E-state index is -0.161. The number of anilines is 1. The fourth-order valence-corrected chi connectivity index (χ4v) is 3.98. The summed E-state index contributed by atoms with van der Waals surface area (Å²) in [4.78, 5) is 24.0. The lowest BCUT2D eigenvalue weighted by Gasteiger charge is -2.20. The number of nitrogens with zero attached hydrogens (tertiary/aromatic N) is 3. The molecule has 0 unspecified atom stereocenters. The largest absolute Gasteiger partial charge is 0.497 e. The molecule has 2 heterocycles. The summed E-state index contributed by atoms with van der Waals surface area (Å²) in [7, 11) is 3.19. The smallest absolute Gasteiger partial charge is 0.260 e. The molecule has 0 radical (unpaired) electrons. The minimum absolute atomic E-state index is 0.161. The zero-order valence-electron chi connectivity index (χ0n) is 16.0. The number of carbonyl (C=O) groups is 1. The Labute approximate surface area is 172 Å². The summed E-state index contributed by atoms with van der Waals surface area (Å²) in [5.41, 5.74) is 2.18. The van der Waals surface area contributed by atoms with Crippen LogP contribution in [-0.2, 0) is 6.54 Å². The first kappa shape index (κ1) is 18.9. The Morgan fingerprint density at radius 3 is 2.69 bits per heavy atom. The van der Waals surface area contributed by atoms with E-state index in [1.54, 1.807) is 49.7 Å². The number of pyridine rings is 1. The normalized spacial score (nSPS) is 10.7. The van der Waals surface area contributed by atoms with Gasteiger partial charge in [-0.05, 0) is 42.0 Å². The Bertz CT molecular complexity index is 1140. The molecule has 146 valence electrons. The summed E-state index contributed by atoms with van der Waals surface area (Å²) < 4.78 is 11.7. The number of amides is 1. The molecule has 0 aliphatic rings. The second kappa shape index (κ2) is 8.28. The molecule has 0 saturated carbocycles. The second-order valence-corrected chi connectivity index (χ2v) is 7.30. The third kappa shape index (κ3) is 3.90. The van der Waals surface area contributed by atoms with Crippen LogP contribution >= 0.6 is 11.3 Å². The van der Waals surface area contributed by atoms with Crippen molar-refractivity contribution in [3.05, 3.63) is 78.1 Å². The number of fused-ring (bicyclic) bond motifs is 1. The summed E-state index contributed by atoms with van der Waals surface area (Å²) in [5, 5.41) is 0.598. The molecular weight excluding hydrogens is 386 g/mol. The van der Waals surface area contributed by atoms with Gasteiger partial charge in [-0.3, -0.25) is 14.7 Å². The predicted molar refractivity (Wildman–Crippen MR) is 114 cm³/mol. The van der Waals surface area contributed by atoms with Crippen LogP contribution in [0.3, 0.4) is 0 Å². The van der Waals surface area contributed by atoms with E-state index in [-0.39, 0.29) is 5.91 Å². The van der Waals surface area contributed by atoms with E-state index in [1.165, 1.54) is 11.3 Å². The van der Waals surface area contributed by atoms with Crippen molar-refractivity contribution in [1.82, 2.24) is 9.97 Å². The average Bonchev–Trinajstić information content (AvgIpc) is 3.22. The van der Waals surface area contributed by atoms with Gasteiger partial charge in [-0.15, -0.1) is 0 Å². The van der Waals surface area contributed by atoms with Gasteiger partial charge >= 0.3 is 0 Å². The highest BCUT2D eigenvalue weighted by molar-refractivity contribution is 7.22. The third-order valence-corrected chi connectivity index (χ3v) is 5.49. The summed E-state index contributed by atoms with van der Waals surface area (Å²) in [6.07, 6.45) is 3.46. The van der Waals surface area contributed by atoms with Gasteiger partial charge in [0.05, 0.1) is 25.5 Å². The van der Waals surface area contributed by atoms with Crippen molar-refractivity contribution in [1.29, 1.82) is 0 Å². The van der Waals surface area contributed by atoms with Crippen LogP contribution in [-0.4, -0.2) is 30.1 Å². The average molecular weight is 405 g/mol. The van der Waals surface area contributed by atoms with Gasteiger partial charge in [0.1, 0.15) is 17.0 Å². The molecule has 29 heavy (non-hydrogen) atoms. The predicted octanol–water partition coefficient (Wildman–Crippen LogP) is 4.56. The van der Waals surface area contributed by atoms with Crippen LogP contribution in [0.5, 0.6) is 11.5 Å². The molecule has 7 heteroatoms. The lowest BCUT2D eigenvalue weighted by molar-refractivity contribution is 0.0984. The van der Waals surface area contributed by atoms with Crippen LogP contribution < -0.4 is 14.4 Å². The maximum atomic E-state index is 13.4. The lowest BCUT2D eigenvalue weighted by atomic mass is 10.1. The fourth-order valence-electron chi connectivity index (χ4n) is 3.00. The maximum absolute atomic E-state index is 13.4. The number of benzene rings is 2. The van der Waals surface area contributed by atoms with Gasteiger partial charge in [0.2, 0.25) is 0 Å². The number of rotatable bonds is 6. The number of hydrogen-bond donors (Lipinski definition) is 0. The molecule has 0 fully saturated rings. The van der Waals surface area contributed by atoms with Gasteiger partial charge in [-0.1, -0.05) is 29.5 Å². The molecule has 0 aliphatic heterocycles. The molecule has 4 aromatic rings. The van der Waals surface area contributed by atoms with Gasteiger partial charge < -0.3 is 9.47 Å². The molecule has 1 amide bonds. The SMILES string of the molecule is COc1cccc(C(=O)N(Cc2cccnc2)c2nc3c(OC)cccc3s2)c1. The zero-order valence-corrected chi connectivity index (χ0v) is 16.8. The Hall–Kier alpha value is -3.45. The zero-order chi connectivity index (χ0) is 20.2. The van der Waals surface area contributed by atoms with Crippen molar-refractivity contribution in [2.45, 2.75) is 6.54 Å². The fraction of sp³-hybridized carbons (Fsp3) is 0.136. The van der Waals surface area contributed by atoms with Crippen molar-refractivity contribution in [2.24, 2.45) is 0 Å². The van der Waals surface area contributed by atoms with Crippen LogP contribution in [0.15, 0.2) is 67.0 Å². The highest BCUT2D eigenvalue weighted by atomic mass is 32.1. The maximum Gasteiger partial charge on any atom is 0.260 e. The first-order chi connectivity index (χ1) is 14.2. The Kier molecular flexibility index (Phi) is 5.39. The van der Waals surface area contributed by atoms with Gasteiger partial charge in [0.15, 0.2) is 5.13 Å². The number of hydrogen-bond acceptors (Lipinski definition) is 6. The number of ether oxygens (including phenoxy) is 2. The van der Waals surface area contributed by atoms with Gasteiger partial charge in [-0.25, -0.2) is 4.98 Å². The van der Waals surface area contributed by atoms with Gasteiger partial charge in [-0.2, -0.15) is 0 Å². The third-order valence-electron chi connectivity index (χ3n) is 4.45. The summed E-state index contributed by atoms with van der Waals surface area (Å²) in [6.45, 7) is 0.353. The number of aromatic nitrogens is 2. The van der Waals surface area contributed by atoms with Crippen LogP contribution in [0.25, 0.3) is 10.2 Å². The van der Waals surface area contributed by atoms with Crippen LogP contribution in [0, 0.1) is 0 Å². The van der Waals surface area contributed by atoms with E-state index >= 15 is 0 Å². The molecule has 4 rings (SSSR count). The Morgan fingerprint density at radius 2 is 1.93 bits per heavy atom. The Balaban J connectivity index is 1.79. The van der Waals surface area contributed by atoms with Crippen molar-refractivity contribution in [2.75, 3.05) is 19.1 Å². The number of carbonyl (C=O) groups excluding carboxylic acids is 1. The van der Waals surface area contributed by atoms with E-state index in [0.717, 1.165) is 15.8 Å². The standard InChI is InChI=1S/C22H19N3O3S/c1-27-17-8-3-7-16(12-17)21(26)25(14-15-6-5-11-23-13-15)22-24-20-18(28-2)9-4-10-19(20)29-22/h3-13H,14H2,1-2H3. The molecule has 2 aromatic heterocycles. The molecule has 0 bridgehead atoms. The van der Waals surface area contributed by atoms with Gasteiger partial charge in [0, 0.05) is 18.0 Å². The first-order valence-electron chi connectivity index (χ1n) is 8.98. The van der Waals surface area contributed by atoms with Gasteiger partial charge in [0.25, 0.3) is 5.91 Å². The second-order valence-electron chi connectivity index (χ2n) is 6.29. The molecule has 6 nitrogen and oxygen atoms in total. The molecule has 0 atom stereocenters. The molecule has 0 spiro atoms. The number of para-hydroxylation sites is 1. The molecule has 0 saturated heterocycles. The molecule has 0 aliphatic carbocycles. The summed E-state index contributed by atoms with van der Waals surface area (Å²) in [6, 6.07) is 16.6. The molecular formula is C22H19N3O3S. The van der Waals surface area contributed by atoms with Crippen LogP contribution in [0.2, 0.25) is 0 Å². The monoisotopic (exact) mass is 405 g/mol. The van der Waals surface area contributed by atoms with Crippen molar-refractivity contribution in [3.8, 4) is 11.5 Å². The molecule has 2 aromatic carbocycles. The highest BCUT2D eigenvalue weighted by Crippen LogP contribution is 2.35. The van der Waals surface area contributed by atoms with E-state index in [9.17, 15) is 4.79 Å². The highest BCUT2D eigenvalue weighted by Gasteiger charge is 2.23. The van der Waals surface area contributed by atoms with E-state index in [0.29, 0.717) is 28.7 Å². The van der Waals surface area contributed by atoms with E-state index < -0.39 is 0 Å². The minimum Gasteiger partial charge on any atom is -0.497 e. The van der Waals surface area contributed by atoms with E-state index in [2.05, 4.69) is 4.98 Å². The topological polar surface area (TPSA) is 64.5 Å². The lowest BCUT2D eigenvalue weighted by Crippen LogP contribution is -2.30. The van der Waals surface area contributed by atoms with Crippen LogP contribution in [0.1, 0.15) is 15.9 Å².